The molecule has 0 amide bonds. The lowest BCUT2D eigenvalue weighted by Gasteiger charge is -2.40. The molecule has 0 heterocycles. The zero-order valence-electron chi connectivity index (χ0n) is 8.93. The quantitative estimate of drug-likeness (QED) is 0.720. The minimum Gasteiger partial charge on any atom is -0.302 e. The van der Waals surface area contributed by atoms with Gasteiger partial charge in [-0.1, -0.05) is 20.3 Å². The fourth-order valence-corrected chi connectivity index (χ4v) is 1.80. The molecule has 2 heteroatoms. The Kier molecular flexibility index (Phi) is 3.33. The predicted molar refractivity (Wildman–Crippen MR) is 54.2 cm³/mol. The highest BCUT2D eigenvalue weighted by Crippen LogP contribution is 2.41. The number of nitrogens with zero attached hydrogens (tertiary/aromatic N) is 1. The number of nitriles is 1. The maximum Gasteiger partial charge on any atom is 0.0924 e. The van der Waals surface area contributed by atoms with Crippen molar-refractivity contribution in [1.29, 1.82) is 5.26 Å². The predicted octanol–water partition coefficient (Wildman–Crippen LogP) is 2.31. The van der Waals surface area contributed by atoms with Gasteiger partial charge in [-0.15, -0.1) is 0 Å². The van der Waals surface area contributed by atoms with Crippen LogP contribution >= 0.6 is 0 Å². The van der Waals surface area contributed by atoms with Crippen LogP contribution in [0.5, 0.6) is 0 Å². The summed E-state index contributed by atoms with van der Waals surface area (Å²) in [5.74, 6) is 0.867. The van der Waals surface area contributed by atoms with Gasteiger partial charge in [0.2, 0.25) is 0 Å². The molecule has 1 aliphatic rings. The van der Waals surface area contributed by atoms with Crippen molar-refractivity contribution in [3.8, 4) is 6.07 Å². The molecular weight excluding hydrogens is 160 g/mol. The third kappa shape index (κ3) is 2.70. The van der Waals surface area contributed by atoms with Gasteiger partial charge < -0.3 is 5.32 Å². The molecule has 0 aliphatic heterocycles. The summed E-state index contributed by atoms with van der Waals surface area (Å²) in [4.78, 5) is 0. The number of rotatable bonds is 4. The second kappa shape index (κ2) is 4.11. The maximum absolute atomic E-state index is 8.63. The molecule has 0 radical (unpaired) electrons. The second-order valence-corrected chi connectivity index (χ2v) is 4.85. The summed E-state index contributed by atoms with van der Waals surface area (Å²) in [5, 5.41) is 11.9. The molecule has 0 aromatic rings. The summed E-state index contributed by atoms with van der Waals surface area (Å²) in [7, 11) is 0. The smallest absolute Gasteiger partial charge is 0.0924 e. The topological polar surface area (TPSA) is 35.8 Å². The monoisotopic (exact) mass is 180 g/mol. The molecule has 1 saturated carbocycles. The Morgan fingerprint density at radius 1 is 1.54 bits per heavy atom. The van der Waals surface area contributed by atoms with E-state index in [2.05, 4.69) is 25.2 Å². The van der Waals surface area contributed by atoms with Crippen LogP contribution in [0.3, 0.4) is 0 Å². The zero-order valence-corrected chi connectivity index (χ0v) is 8.93. The van der Waals surface area contributed by atoms with Crippen molar-refractivity contribution in [2.24, 2.45) is 11.3 Å². The minimum atomic E-state index is -0.0145. The highest BCUT2D eigenvalue weighted by molar-refractivity contribution is 4.90. The van der Waals surface area contributed by atoms with Crippen LogP contribution < -0.4 is 5.32 Å². The molecule has 1 aliphatic carbocycles. The van der Waals surface area contributed by atoms with Gasteiger partial charge >= 0.3 is 0 Å². The summed E-state index contributed by atoms with van der Waals surface area (Å²) in [6, 6.07) is 2.19. The van der Waals surface area contributed by atoms with Crippen LogP contribution in [-0.2, 0) is 0 Å². The molecule has 74 valence electrons. The third-order valence-electron chi connectivity index (χ3n) is 3.27. The molecule has 2 nitrogen and oxygen atoms in total. The molecule has 0 spiro atoms. The van der Waals surface area contributed by atoms with Gasteiger partial charge in [0.25, 0.3) is 0 Å². The SMILES string of the molecule is CC(C#N)NCC(C)(C)C1CCC1. The molecule has 13 heavy (non-hydrogen) atoms. The summed E-state index contributed by atoms with van der Waals surface area (Å²) < 4.78 is 0. The number of hydrogen-bond acceptors (Lipinski definition) is 2. The van der Waals surface area contributed by atoms with E-state index in [-0.39, 0.29) is 6.04 Å². The van der Waals surface area contributed by atoms with Crippen LogP contribution in [0.2, 0.25) is 0 Å². The molecule has 1 rings (SSSR count). The first kappa shape index (κ1) is 10.5. The first-order valence-corrected chi connectivity index (χ1v) is 5.19. The summed E-state index contributed by atoms with van der Waals surface area (Å²) in [6.07, 6.45) is 4.13. The number of hydrogen-bond donors (Lipinski definition) is 1. The minimum absolute atomic E-state index is 0.0145. The van der Waals surface area contributed by atoms with Crippen molar-refractivity contribution in [2.45, 2.75) is 46.1 Å². The van der Waals surface area contributed by atoms with E-state index < -0.39 is 0 Å². The molecule has 0 bridgehead atoms. The lowest BCUT2D eigenvalue weighted by atomic mass is 9.67. The molecule has 0 aromatic carbocycles. The summed E-state index contributed by atoms with van der Waals surface area (Å²) >= 11 is 0. The summed E-state index contributed by atoms with van der Waals surface area (Å²) in [5.41, 5.74) is 0.364. The Bertz CT molecular complexity index is 199. The Hall–Kier alpha value is -0.550. The van der Waals surface area contributed by atoms with Crippen molar-refractivity contribution in [3.05, 3.63) is 0 Å². The average Bonchev–Trinajstić information content (AvgIpc) is 1.96. The Balaban J connectivity index is 2.29. The van der Waals surface area contributed by atoms with E-state index >= 15 is 0 Å². The van der Waals surface area contributed by atoms with E-state index in [1.165, 1.54) is 19.3 Å². The van der Waals surface area contributed by atoms with Crippen molar-refractivity contribution in [1.82, 2.24) is 5.32 Å². The first-order valence-electron chi connectivity index (χ1n) is 5.19. The Labute approximate surface area is 81.3 Å². The molecule has 1 fully saturated rings. The Morgan fingerprint density at radius 2 is 2.15 bits per heavy atom. The van der Waals surface area contributed by atoms with Crippen molar-refractivity contribution in [3.63, 3.8) is 0 Å². The molecular formula is C11H20N2. The lowest BCUT2D eigenvalue weighted by Crippen LogP contribution is -2.41. The van der Waals surface area contributed by atoms with Crippen LogP contribution in [-0.4, -0.2) is 12.6 Å². The van der Waals surface area contributed by atoms with Gasteiger partial charge in [0, 0.05) is 6.54 Å². The van der Waals surface area contributed by atoms with Gasteiger partial charge in [0.15, 0.2) is 0 Å². The van der Waals surface area contributed by atoms with Gasteiger partial charge in [-0.05, 0) is 31.1 Å². The van der Waals surface area contributed by atoms with Crippen LogP contribution in [0.4, 0.5) is 0 Å². The standard InChI is InChI=1S/C11H20N2/c1-9(7-12)13-8-11(2,3)10-5-4-6-10/h9-10,13H,4-6,8H2,1-3H3. The average molecular weight is 180 g/mol. The van der Waals surface area contributed by atoms with Gasteiger partial charge in [-0.25, -0.2) is 0 Å². The zero-order chi connectivity index (χ0) is 9.90. The molecule has 0 saturated heterocycles. The van der Waals surface area contributed by atoms with E-state index in [4.69, 9.17) is 5.26 Å². The molecule has 1 atom stereocenters. The lowest BCUT2D eigenvalue weighted by molar-refractivity contribution is 0.118. The highest BCUT2D eigenvalue weighted by Gasteiger charge is 2.33. The van der Waals surface area contributed by atoms with Crippen molar-refractivity contribution in [2.75, 3.05) is 6.54 Å². The van der Waals surface area contributed by atoms with E-state index in [9.17, 15) is 0 Å². The van der Waals surface area contributed by atoms with Crippen LogP contribution in [0.15, 0.2) is 0 Å². The van der Waals surface area contributed by atoms with Crippen molar-refractivity contribution >= 4 is 0 Å². The van der Waals surface area contributed by atoms with E-state index in [1.807, 2.05) is 6.92 Å². The fourth-order valence-electron chi connectivity index (χ4n) is 1.80. The van der Waals surface area contributed by atoms with Crippen LogP contribution in [0.1, 0.15) is 40.0 Å². The largest absolute Gasteiger partial charge is 0.302 e. The van der Waals surface area contributed by atoms with E-state index in [1.54, 1.807) is 0 Å². The molecule has 0 aromatic heterocycles. The highest BCUT2D eigenvalue weighted by atomic mass is 14.9. The molecule has 1 N–H and O–H groups in total. The van der Waals surface area contributed by atoms with Gasteiger partial charge in [0.05, 0.1) is 12.1 Å². The molecule has 1 unspecified atom stereocenters. The fraction of sp³-hybridized carbons (Fsp3) is 0.909. The van der Waals surface area contributed by atoms with Crippen LogP contribution in [0, 0.1) is 22.7 Å². The number of nitrogens with one attached hydrogen (secondary N) is 1. The normalized spacial score (nSPS) is 20.5. The van der Waals surface area contributed by atoms with Gasteiger partial charge in [-0.2, -0.15) is 5.26 Å². The maximum atomic E-state index is 8.63. The Morgan fingerprint density at radius 3 is 2.54 bits per heavy atom. The van der Waals surface area contributed by atoms with Crippen molar-refractivity contribution < 1.29 is 0 Å². The van der Waals surface area contributed by atoms with Crippen LogP contribution in [0.25, 0.3) is 0 Å². The van der Waals surface area contributed by atoms with Gasteiger partial charge in [-0.3, -0.25) is 0 Å². The summed E-state index contributed by atoms with van der Waals surface area (Å²) in [6.45, 7) is 7.48. The van der Waals surface area contributed by atoms with E-state index in [0.29, 0.717) is 5.41 Å². The second-order valence-electron chi connectivity index (χ2n) is 4.85. The van der Waals surface area contributed by atoms with Gasteiger partial charge in [0.1, 0.15) is 0 Å². The van der Waals surface area contributed by atoms with E-state index in [0.717, 1.165) is 12.5 Å². The first-order chi connectivity index (χ1) is 6.06. The third-order valence-corrected chi connectivity index (χ3v) is 3.27.